The van der Waals surface area contributed by atoms with Crippen molar-refractivity contribution in [3.8, 4) is 5.88 Å². The van der Waals surface area contributed by atoms with Gasteiger partial charge in [0.25, 0.3) is 0 Å². The van der Waals surface area contributed by atoms with Gasteiger partial charge in [0.1, 0.15) is 5.82 Å². The Morgan fingerprint density at radius 1 is 1.31 bits per heavy atom. The molecule has 2 aromatic rings. The summed E-state index contributed by atoms with van der Waals surface area (Å²) in [6.07, 6.45) is 1.02. The zero-order valence-electron chi connectivity index (χ0n) is 9.14. The van der Waals surface area contributed by atoms with Crippen LogP contribution in [0.4, 0.5) is 5.82 Å². The van der Waals surface area contributed by atoms with E-state index in [1.165, 1.54) is 4.88 Å². The van der Waals surface area contributed by atoms with E-state index in [4.69, 9.17) is 4.74 Å². The van der Waals surface area contributed by atoms with Crippen LogP contribution in [0.2, 0.25) is 0 Å². The number of ether oxygens (including phenoxy) is 1. The molecule has 0 saturated heterocycles. The molecule has 2 heterocycles. The summed E-state index contributed by atoms with van der Waals surface area (Å²) in [6, 6.07) is 9.93. The average molecular weight is 234 g/mol. The number of pyridine rings is 1. The van der Waals surface area contributed by atoms with Crippen LogP contribution in [0.25, 0.3) is 0 Å². The lowest BCUT2D eigenvalue weighted by atomic mass is 10.3. The lowest BCUT2D eigenvalue weighted by Crippen LogP contribution is -2.05. The van der Waals surface area contributed by atoms with Crippen molar-refractivity contribution in [2.75, 3.05) is 19.0 Å². The van der Waals surface area contributed by atoms with Crippen LogP contribution in [-0.4, -0.2) is 18.6 Å². The van der Waals surface area contributed by atoms with Crippen LogP contribution in [0.3, 0.4) is 0 Å². The zero-order valence-corrected chi connectivity index (χ0v) is 9.96. The van der Waals surface area contributed by atoms with E-state index in [1.54, 1.807) is 18.4 Å². The van der Waals surface area contributed by atoms with E-state index in [-0.39, 0.29) is 0 Å². The third kappa shape index (κ3) is 2.97. The molecule has 84 valence electrons. The van der Waals surface area contributed by atoms with Crippen LogP contribution >= 0.6 is 11.3 Å². The maximum Gasteiger partial charge on any atom is 0.214 e. The molecular weight excluding hydrogens is 220 g/mol. The Bertz CT molecular complexity index is 428. The molecule has 4 heteroatoms. The molecule has 0 fully saturated rings. The van der Waals surface area contributed by atoms with Crippen LogP contribution in [0, 0.1) is 0 Å². The van der Waals surface area contributed by atoms with Crippen molar-refractivity contribution in [1.82, 2.24) is 4.98 Å². The van der Waals surface area contributed by atoms with Crippen molar-refractivity contribution in [2.45, 2.75) is 6.42 Å². The molecule has 0 radical (unpaired) electrons. The third-order valence-corrected chi connectivity index (χ3v) is 3.13. The summed E-state index contributed by atoms with van der Waals surface area (Å²) in [5.41, 5.74) is 0. The van der Waals surface area contributed by atoms with Gasteiger partial charge in [0, 0.05) is 17.5 Å². The van der Waals surface area contributed by atoms with Gasteiger partial charge < -0.3 is 10.1 Å². The highest BCUT2D eigenvalue weighted by atomic mass is 32.1. The van der Waals surface area contributed by atoms with Crippen molar-refractivity contribution < 1.29 is 4.74 Å². The highest BCUT2D eigenvalue weighted by molar-refractivity contribution is 7.09. The number of rotatable bonds is 5. The molecule has 0 aliphatic rings. The van der Waals surface area contributed by atoms with E-state index in [9.17, 15) is 0 Å². The minimum Gasteiger partial charge on any atom is -0.481 e. The predicted molar refractivity (Wildman–Crippen MR) is 67.3 cm³/mol. The Labute approximate surface area is 99.1 Å². The maximum atomic E-state index is 5.06. The monoisotopic (exact) mass is 234 g/mol. The summed E-state index contributed by atoms with van der Waals surface area (Å²) >= 11 is 1.78. The number of nitrogens with one attached hydrogen (secondary N) is 1. The molecule has 16 heavy (non-hydrogen) atoms. The Balaban J connectivity index is 1.85. The SMILES string of the molecule is COc1cccc(NCCc2cccs2)n1. The first kappa shape index (κ1) is 11.0. The number of methoxy groups -OCH3 is 1. The highest BCUT2D eigenvalue weighted by Gasteiger charge is 1.97. The molecular formula is C12H14N2OS. The minimum absolute atomic E-state index is 0.640. The molecule has 0 aliphatic heterocycles. The highest BCUT2D eigenvalue weighted by Crippen LogP contribution is 2.12. The fourth-order valence-corrected chi connectivity index (χ4v) is 2.10. The van der Waals surface area contributed by atoms with E-state index >= 15 is 0 Å². The van der Waals surface area contributed by atoms with E-state index in [1.807, 2.05) is 18.2 Å². The summed E-state index contributed by atoms with van der Waals surface area (Å²) in [4.78, 5) is 5.66. The predicted octanol–water partition coefficient (Wildman–Crippen LogP) is 2.81. The van der Waals surface area contributed by atoms with Crippen molar-refractivity contribution in [3.05, 3.63) is 40.6 Å². The van der Waals surface area contributed by atoms with Gasteiger partial charge in [-0.2, -0.15) is 4.98 Å². The van der Waals surface area contributed by atoms with Gasteiger partial charge in [-0.3, -0.25) is 0 Å². The van der Waals surface area contributed by atoms with Crippen molar-refractivity contribution in [3.63, 3.8) is 0 Å². The second-order valence-electron chi connectivity index (χ2n) is 3.32. The number of aromatic nitrogens is 1. The second kappa shape index (κ2) is 5.51. The minimum atomic E-state index is 0.640. The van der Waals surface area contributed by atoms with Crippen molar-refractivity contribution >= 4 is 17.2 Å². The van der Waals surface area contributed by atoms with Crippen LogP contribution in [-0.2, 0) is 6.42 Å². The third-order valence-electron chi connectivity index (χ3n) is 2.19. The summed E-state index contributed by atoms with van der Waals surface area (Å²) in [5.74, 6) is 1.50. The van der Waals surface area contributed by atoms with Gasteiger partial charge in [0.15, 0.2) is 0 Å². The summed E-state index contributed by atoms with van der Waals surface area (Å²) in [6.45, 7) is 0.890. The molecule has 2 rings (SSSR count). The van der Waals surface area contributed by atoms with E-state index < -0.39 is 0 Å². The molecule has 0 aliphatic carbocycles. The van der Waals surface area contributed by atoms with E-state index in [2.05, 4.69) is 27.8 Å². The molecule has 0 spiro atoms. The summed E-state index contributed by atoms with van der Waals surface area (Å²) in [5, 5.41) is 5.37. The lowest BCUT2D eigenvalue weighted by molar-refractivity contribution is 0.398. The number of nitrogens with zero attached hydrogens (tertiary/aromatic N) is 1. The van der Waals surface area contributed by atoms with Gasteiger partial charge in [-0.25, -0.2) is 0 Å². The Morgan fingerprint density at radius 3 is 3.00 bits per heavy atom. The topological polar surface area (TPSA) is 34.1 Å². The average Bonchev–Trinajstić information content (AvgIpc) is 2.82. The van der Waals surface area contributed by atoms with Crippen LogP contribution < -0.4 is 10.1 Å². The van der Waals surface area contributed by atoms with Crippen molar-refractivity contribution in [1.29, 1.82) is 0 Å². The number of hydrogen-bond acceptors (Lipinski definition) is 4. The Morgan fingerprint density at radius 2 is 2.25 bits per heavy atom. The normalized spacial score (nSPS) is 10.1. The largest absolute Gasteiger partial charge is 0.481 e. The second-order valence-corrected chi connectivity index (χ2v) is 4.35. The zero-order chi connectivity index (χ0) is 11.2. The quantitative estimate of drug-likeness (QED) is 0.863. The Hall–Kier alpha value is -1.55. The smallest absolute Gasteiger partial charge is 0.214 e. The molecule has 0 amide bonds. The molecule has 2 aromatic heterocycles. The van der Waals surface area contributed by atoms with Gasteiger partial charge >= 0.3 is 0 Å². The first-order valence-electron chi connectivity index (χ1n) is 5.16. The van der Waals surface area contributed by atoms with Gasteiger partial charge in [0.05, 0.1) is 7.11 Å². The van der Waals surface area contributed by atoms with Crippen molar-refractivity contribution in [2.24, 2.45) is 0 Å². The molecule has 3 nitrogen and oxygen atoms in total. The van der Waals surface area contributed by atoms with Crippen LogP contribution in [0.5, 0.6) is 5.88 Å². The van der Waals surface area contributed by atoms with E-state index in [0.717, 1.165) is 18.8 Å². The summed E-state index contributed by atoms with van der Waals surface area (Å²) in [7, 11) is 1.62. The van der Waals surface area contributed by atoms with Crippen LogP contribution in [0.1, 0.15) is 4.88 Å². The number of thiophene rings is 1. The number of anilines is 1. The fourth-order valence-electron chi connectivity index (χ4n) is 1.40. The maximum absolute atomic E-state index is 5.06. The lowest BCUT2D eigenvalue weighted by Gasteiger charge is -2.05. The summed E-state index contributed by atoms with van der Waals surface area (Å²) < 4.78 is 5.06. The first-order chi connectivity index (χ1) is 7.88. The molecule has 0 bridgehead atoms. The molecule has 0 saturated carbocycles. The van der Waals surface area contributed by atoms with Gasteiger partial charge in [0.2, 0.25) is 5.88 Å². The first-order valence-corrected chi connectivity index (χ1v) is 6.04. The molecule has 0 unspecified atom stereocenters. The van der Waals surface area contributed by atoms with Crippen LogP contribution in [0.15, 0.2) is 35.7 Å². The number of hydrogen-bond donors (Lipinski definition) is 1. The fraction of sp³-hybridized carbons (Fsp3) is 0.250. The Kier molecular flexibility index (Phi) is 3.77. The standard InChI is InChI=1S/C12H14N2OS/c1-15-12-6-2-5-11(14-12)13-8-7-10-4-3-9-16-10/h2-6,9H,7-8H2,1H3,(H,13,14). The van der Waals surface area contributed by atoms with Gasteiger partial charge in [-0.05, 0) is 23.9 Å². The molecule has 1 N–H and O–H groups in total. The van der Waals surface area contributed by atoms with Gasteiger partial charge in [-0.15, -0.1) is 11.3 Å². The molecule has 0 atom stereocenters. The van der Waals surface area contributed by atoms with E-state index in [0.29, 0.717) is 5.88 Å². The van der Waals surface area contributed by atoms with Gasteiger partial charge in [-0.1, -0.05) is 12.1 Å². The molecule has 0 aromatic carbocycles.